The summed E-state index contributed by atoms with van der Waals surface area (Å²) in [4.78, 5) is 23.8. The molecule has 2 rings (SSSR count). The van der Waals surface area contributed by atoms with Gasteiger partial charge in [-0.1, -0.05) is 0 Å². The summed E-state index contributed by atoms with van der Waals surface area (Å²) in [5.41, 5.74) is -0.252. The monoisotopic (exact) mass is 432 g/mol. The van der Waals surface area contributed by atoms with Gasteiger partial charge < -0.3 is 14.8 Å². The molecule has 0 spiro atoms. The van der Waals surface area contributed by atoms with E-state index in [0.29, 0.717) is 5.92 Å². The maximum Gasteiger partial charge on any atom is 0.342 e. The third-order valence-electron chi connectivity index (χ3n) is 4.19. The van der Waals surface area contributed by atoms with Gasteiger partial charge in [0, 0.05) is 29.3 Å². The third kappa shape index (κ3) is 4.91. The fraction of sp³-hybridized carbons (Fsp3) is 0.529. The van der Waals surface area contributed by atoms with Crippen molar-refractivity contribution in [1.29, 1.82) is 0 Å². The first kappa shape index (κ1) is 18.2. The van der Waals surface area contributed by atoms with Crippen LogP contribution in [0.25, 0.3) is 0 Å². The molecule has 1 aromatic carbocycles. The molecule has 126 valence electrons. The molecule has 0 saturated carbocycles. The van der Waals surface area contributed by atoms with Gasteiger partial charge >= 0.3 is 11.9 Å². The van der Waals surface area contributed by atoms with Crippen LogP contribution in [0, 0.1) is 9.49 Å². The number of quaternary nitrogens is 1. The van der Waals surface area contributed by atoms with E-state index in [9.17, 15) is 9.59 Å². The Hall–Kier alpha value is -1.15. The van der Waals surface area contributed by atoms with Crippen LogP contribution in [-0.4, -0.2) is 30.6 Å². The van der Waals surface area contributed by atoms with Crippen LogP contribution in [0.5, 0.6) is 5.75 Å². The highest BCUT2D eigenvalue weighted by Gasteiger charge is 2.36. The number of nitrogens with two attached hydrogens (primary N) is 1. The van der Waals surface area contributed by atoms with Gasteiger partial charge in [0.25, 0.3) is 0 Å². The molecule has 0 bridgehead atoms. The average Bonchev–Trinajstić information content (AvgIpc) is 2.47. The molecule has 0 aliphatic carbocycles. The van der Waals surface area contributed by atoms with Crippen molar-refractivity contribution >= 4 is 34.5 Å². The van der Waals surface area contributed by atoms with E-state index in [1.807, 2.05) is 13.8 Å². The molecule has 0 radical (unpaired) electrons. The van der Waals surface area contributed by atoms with E-state index in [2.05, 4.69) is 27.9 Å². The standard InChI is InChI=1S/C17H22INO4/c1-11(20)22-15-10-13(18)4-5-14(15)16(21)23-17(2,3)12-6-8-19-9-7-12/h4-5,10,12,19H,6-9H2,1-3H3/p+1. The lowest BCUT2D eigenvalue weighted by atomic mass is 9.83. The van der Waals surface area contributed by atoms with Crippen LogP contribution in [0.1, 0.15) is 44.0 Å². The van der Waals surface area contributed by atoms with Gasteiger partial charge in [-0.25, -0.2) is 4.79 Å². The van der Waals surface area contributed by atoms with E-state index in [1.165, 1.54) is 6.92 Å². The van der Waals surface area contributed by atoms with Crippen molar-refractivity contribution in [1.82, 2.24) is 0 Å². The maximum atomic E-state index is 12.6. The van der Waals surface area contributed by atoms with E-state index in [0.717, 1.165) is 29.5 Å². The Kier molecular flexibility index (Phi) is 6.02. The van der Waals surface area contributed by atoms with Crippen LogP contribution >= 0.6 is 22.6 Å². The fourth-order valence-corrected chi connectivity index (χ4v) is 3.37. The van der Waals surface area contributed by atoms with E-state index in [4.69, 9.17) is 9.47 Å². The molecule has 6 heteroatoms. The van der Waals surface area contributed by atoms with E-state index in [-0.39, 0.29) is 11.3 Å². The number of benzene rings is 1. The zero-order valence-electron chi connectivity index (χ0n) is 13.7. The number of halogens is 1. The first-order chi connectivity index (χ1) is 10.8. The number of piperidine rings is 1. The summed E-state index contributed by atoms with van der Waals surface area (Å²) in [6.07, 6.45) is 2.06. The molecular weight excluding hydrogens is 409 g/mol. The number of carbonyl (C=O) groups excluding carboxylic acids is 2. The minimum absolute atomic E-state index is 0.252. The Morgan fingerprint density at radius 2 is 1.91 bits per heavy atom. The van der Waals surface area contributed by atoms with Gasteiger partial charge in [0.15, 0.2) is 0 Å². The Labute approximate surface area is 150 Å². The van der Waals surface area contributed by atoms with Gasteiger partial charge in [0.2, 0.25) is 0 Å². The zero-order chi connectivity index (χ0) is 17.0. The molecule has 1 saturated heterocycles. The lowest BCUT2D eigenvalue weighted by molar-refractivity contribution is -0.665. The predicted octanol–water partition coefficient (Wildman–Crippen LogP) is 2.13. The molecule has 1 aliphatic rings. The Balaban J connectivity index is 2.17. The summed E-state index contributed by atoms with van der Waals surface area (Å²) in [6, 6.07) is 5.11. The Bertz CT molecular complexity index is 594. The number of ether oxygens (including phenoxy) is 2. The number of rotatable bonds is 4. The van der Waals surface area contributed by atoms with Gasteiger partial charge in [-0.3, -0.25) is 4.79 Å². The second-order valence-corrected chi connectivity index (χ2v) is 7.61. The highest BCUT2D eigenvalue weighted by atomic mass is 127. The summed E-state index contributed by atoms with van der Waals surface area (Å²) in [5.74, 6) is -0.306. The number of carbonyl (C=O) groups is 2. The average molecular weight is 432 g/mol. The summed E-state index contributed by atoms with van der Waals surface area (Å²) in [7, 11) is 0. The van der Waals surface area contributed by atoms with Crippen LogP contribution in [-0.2, 0) is 9.53 Å². The molecule has 5 nitrogen and oxygen atoms in total. The molecule has 2 N–H and O–H groups in total. The van der Waals surface area contributed by atoms with Gasteiger partial charge in [0.1, 0.15) is 16.9 Å². The fourth-order valence-electron chi connectivity index (χ4n) is 2.90. The Morgan fingerprint density at radius 1 is 1.26 bits per heavy atom. The van der Waals surface area contributed by atoms with Gasteiger partial charge in [-0.15, -0.1) is 0 Å². The third-order valence-corrected chi connectivity index (χ3v) is 4.87. The molecule has 0 atom stereocenters. The van der Waals surface area contributed by atoms with Crippen molar-refractivity contribution in [3.63, 3.8) is 0 Å². The zero-order valence-corrected chi connectivity index (χ0v) is 15.9. The summed E-state index contributed by atoms with van der Waals surface area (Å²) in [5, 5.41) is 2.28. The maximum absolute atomic E-state index is 12.6. The van der Waals surface area contributed by atoms with Gasteiger partial charge in [-0.05, 0) is 54.6 Å². The molecule has 23 heavy (non-hydrogen) atoms. The van der Waals surface area contributed by atoms with Crippen LogP contribution in [0.4, 0.5) is 0 Å². The normalized spacial score (nSPS) is 16.0. The van der Waals surface area contributed by atoms with E-state index < -0.39 is 17.5 Å². The quantitative estimate of drug-likeness (QED) is 0.450. The van der Waals surface area contributed by atoms with Gasteiger partial charge in [-0.2, -0.15) is 0 Å². The number of esters is 2. The molecule has 1 fully saturated rings. The highest BCUT2D eigenvalue weighted by Crippen LogP contribution is 2.31. The van der Waals surface area contributed by atoms with Crippen molar-refractivity contribution in [2.45, 2.75) is 39.2 Å². The largest absolute Gasteiger partial charge is 0.456 e. The molecule has 1 aromatic rings. The summed E-state index contributed by atoms with van der Waals surface area (Å²) in [6.45, 7) is 7.36. The van der Waals surface area contributed by atoms with Crippen LogP contribution in [0.2, 0.25) is 0 Å². The second kappa shape index (κ2) is 7.61. The van der Waals surface area contributed by atoms with E-state index in [1.54, 1.807) is 18.2 Å². The van der Waals surface area contributed by atoms with Crippen molar-refractivity contribution in [2.24, 2.45) is 5.92 Å². The lowest BCUT2D eigenvalue weighted by Gasteiger charge is -2.35. The minimum Gasteiger partial charge on any atom is -0.456 e. The molecular formula is C17H23INO4+. The van der Waals surface area contributed by atoms with Crippen LogP contribution < -0.4 is 10.1 Å². The topological polar surface area (TPSA) is 69.2 Å². The van der Waals surface area contributed by atoms with Crippen molar-refractivity contribution in [3.8, 4) is 5.75 Å². The first-order valence-electron chi connectivity index (χ1n) is 7.82. The van der Waals surface area contributed by atoms with Crippen LogP contribution in [0.15, 0.2) is 18.2 Å². The minimum atomic E-state index is -0.540. The van der Waals surface area contributed by atoms with Crippen molar-refractivity contribution in [2.75, 3.05) is 13.1 Å². The first-order valence-corrected chi connectivity index (χ1v) is 8.90. The lowest BCUT2D eigenvalue weighted by Crippen LogP contribution is -2.86. The van der Waals surface area contributed by atoms with Crippen molar-refractivity contribution < 1.29 is 24.4 Å². The van der Waals surface area contributed by atoms with Crippen molar-refractivity contribution in [3.05, 3.63) is 27.3 Å². The summed E-state index contributed by atoms with van der Waals surface area (Å²) >= 11 is 2.11. The van der Waals surface area contributed by atoms with Gasteiger partial charge in [0.05, 0.1) is 13.1 Å². The molecule has 0 aromatic heterocycles. The highest BCUT2D eigenvalue weighted by molar-refractivity contribution is 14.1. The summed E-state index contributed by atoms with van der Waals surface area (Å²) < 4.78 is 11.8. The van der Waals surface area contributed by atoms with Crippen LogP contribution in [0.3, 0.4) is 0 Å². The molecule has 1 heterocycles. The number of hydrogen-bond donors (Lipinski definition) is 1. The number of hydrogen-bond acceptors (Lipinski definition) is 4. The van der Waals surface area contributed by atoms with E-state index >= 15 is 0 Å². The second-order valence-electron chi connectivity index (χ2n) is 6.37. The molecule has 0 unspecified atom stereocenters. The smallest absolute Gasteiger partial charge is 0.342 e. The SMILES string of the molecule is CC(=O)Oc1cc(I)ccc1C(=O)OC(C)(C)C1CC[NH2+]CC1. The predicted molar refractivity (Wildman–Crippen MR) is 94.3 cm³/mol. The Morgan fingerprint density at radius 3 is 2.52 bits per heavy atom. The molecule has 0 amide bonds. The molecule has 1 aliphatic heterocycles.